The fourth-order valence-electron chi connectivity index (χ4n) is 1.78. The summed E-state index contributed by atoms with van der Waals surface area (Å²) in [7, 11) is 0. The number of nitrogens with zero attached hydrogens (tertiary/aromatic N) is 4. The van der Waals surface area contributed by atoms with Crippen LogP contribution in [0.3, 0.4) is 0 Å². The molecule has 2 rings (SSSR count). The van der Waals surface area contributed by atoms with Gasteiger partial charge in [-0.25, -0.2) is 4.68 Å². The summed E-state index contributed by atoms with van der Waals surface area (Å²) in [5, 5.41) is 9.08. The summed E-state index contributed by atoms with van der Waals surface area (Å²) < 4.78 is 1.96. The smallest absolute Gasteiger partial charge is 0.147 e. The summed E-state index contributed by atoms with van der Waals surface area (Å²) in [6, 6.07) is 0.563. The molecule has 1 unspecified atom stereocenters. The van der Waals surface area contributed by atoms with Gasteiger partial charge in [0.15, 0.2) is 0 Å². The van der Waals surface area contributed by atoms with Gasteiger partial charge in [0.2, 0.25) is 0 Å². The number of rotatable bonds is 3. The summed E-state index contributed by atoms with van der Waals surface area (Å²) in [5.41, 5.74) is 0. The van der Waals surface area contributed by atoms with Crippen molar-refractivity contribution < 1.29 is 0 Å². The zero-order valence-electron chi connectivity index (χ0n) is 8.77. The minimum atomic E-state index is 0.563. The Morgan fingerprint density at radius 2 is 2.53 bits per heavy atom. The van der Waals surface area contributed by atoms with E-state index < -0.39 is 0 Å². The van der Waals surface area contributed by atoms with Gasteiger partial charge in [-0.1, -0.05) is 21.1 Å². The maximum absolute atomic E-state index is 4.08. The summed E-state index contributed by atoms with van der Waals surface area (Å²) in [4.78, 5) is 2.41. The van der Waals surface area contributed by atoms with Gasteiger partial charge in [0.1, 0.15) is 5.82 Å². The van der Waals surface area contributed by atoms with Crippen LogP contribution in [0, 0.1) is 0 Å². The molecule has 0 spiro atoms. The number of thioether (sulfide) groups is 1. The van der Waals surface area contributed by atoms with E-state index in [2.05, 4.69) is 38.1 Å². The molecule has 0 aromatic carbocycles. The fraction of sp³-hybridized carbons (Fsp3) is 0.778. The van der Waals surface area contributed by atoms with E-state index in [0.717, 1.165) is 24.2 Å². The van der Waals surface area contributed by atoms with E-state index in [1.54, 1.807) is 0 Å². The topological polar surface area (TPSA) is 34.0 Å². The molecule has 1 aromatic heterocycles. The average molecular weight is 291 g/mol. The molecule has 0 N–H and O–H groups in total. The molecule has 6 heteroatoms. The molecule has 0 saturated carbocycles. The summed E-state index contributed by atoms with van der Waals surface area (Å²) in [5.74, 6) is 3.53. The van der Waals surface area contributed by atoms with Crippen molar-refractivity contribution in [3.63, 3.8) is 0 Å². The monoisotopic (exact) mass is 290 g/mol. The number of anilines is 1. The van der Waals surface area contributed by atoms with Crippen LogP contribution < -0.4 is 4.90 Å². The maximum Gasteiger partial charge on any atom is 0.147 e. The van der Waals surface area contributed by atoms with Crippen molar-refractivity contribution in [1.29, 1.82) is 0 Å². The van der Waals surface area contributed by atoms with Gasteiger partial charge in [0, 0.05) is 36.0 Å². The minimum absolute atomic E-state index is 0.563. The van der Waals surface area contributed by atoms with Crippen LogP contribution in [-0.4, -0.2) is 44.4 Å². The molecule has 0 amide bonds. The van der Waals surface area contributed by atoms with Crippen LogP contribution in [0.15, 0.2) is 6.20 Å². The van der Waals surface area contributed by atoms with Crippen LogP contribution >= 0.6 is 27.7 Å². The third-order valence-electron chi connectivity index (χ3n) is 2.60. The number of alkyl halides is 1. The van der Waals surface area contributed by atoms with Gasteiger partial charge in [-0.05, 0) is 6.92 Å². The zero-order chi connectivity index (χ0) is 10.7. The lowest BCUT2D eigenvalue weighted by atomic mass is 10.3. The Bertz CT molecular complexity index is 317. The summed E-state index contributed by atoms with van der Waals surface area (Å²) in [6.07, 6.45) is 1.87. The second-order valence-corrected chi connectivity index (χ2v) is 5.28. The van der Waals surface area contributed by atoms with Crippen molar-refractivity contribution in [3.05, 3.63) is 6.20 Å². The molecule has 1 aromatic rings. The Kier molecular flexibility index (Phi) is 3.91. The molecule has 1 atom stereocenters. The number of aromatic nitrogens is 3. The van der Waals surface area contributed by atoms with Gasteiger partial charge in [-0.15, -0.1) is 5.10 Å². The summed E-state index contributed by atoms with van der Waals surface area (Å²) >= 11 is 5.60. The molecule has 0 aliphatic carbocycles. The Morgan fingerprint density at radius 3 is 3.27 bits per heavy atom. The molecule has 1 aliphatic rings. The normalized spacial score (nSPS) is 22.0. The molecule has 84 valence electrons. The lowest BCUT2D eigenvalue weighted by Crippen LogP contribution is -2.44. The highest BCUT2D eigenvalue weighted by atomic mass is 79.9. The molecule has 0 radical (unpaired) electrons. The third-order valence-corrected chi connectivity index (χ3v) is 4.44. The molecule has 0 bridgehead atoms. The highest BCUT2D eigenvalue weighted by Gasteiger charge is 2.24. The van der Waals surface area contributed by atoms with Crippen molar-refractivity contribution in [3.8, 4) is 0 Å². The lowest BCUT2D eigenvalue weighted by molar-refractivity contribution is 0.594. The Labute approximate surface area is 103 Å². The Morgan fingerprint density at radius 1 is 1.67 bits per heavy atom. The maximum atomic E-state index is 4.08. The van der Waals surface area contributed by atoms with Crippen LogP contribution in [0.5, 0.6) is 0 Å². The molecular formula is C9H15BrN4S. The van der Waals surface area contributed by atoms with Crippen molar-refractivity contribution in [2.24, 2.45) is 0 Å². The van der Waals surface area contributed by atoms with E-state index in [9.17, 15) is 0 Å². The van der Waals surface area contributed by atoms with Crippen molar-refractivity contribution in [1.82, 2.24) is 15.0 Å². The highest BCUT2D eigenvalue weighted by molar-refractivity contribution is 9.09. The quantitative estimate of drug-likeness (QED) is 0.793. The van der Waals surface area contributed by atoms with Crippen LogP contribution in [-0.2, 0) is 6.54 Å². The van der Waals surface area contributed by atoms with Gasteiger partial charge in [-0.2, -0.15) is 11.8 Å². The van der Waals surface area contributed by atoms with Gasteiger partial charge in [-0.3, -0.25) is 0 Å². The zero-order valence-corrected chi connectivity index (χ0v) is 11.2. The molecule has 4 nitrogen and oxygen atoms in total. The van der Waals surface area contributed by atoms with E-state index in [1.807, 2.05) is 22.6 Å². The molecule has 15 heavy (non-hydrogen) atoms. The van der Waals surface area contributed by atoms with Gasteiger partial charge in [0.05, 0.1) is 6.20 Å². The van der Waals surface area contributed by atoms with E-state index in [0.29, 0.717) is 6.04 Å². The van der Waals surface area contributed by atoms with E-state index in [-0.39, 0.29) is 0 Å². The van der Waals surface area contributed by atoms with Crippen molar-refractivity contribution >= 4 is 33.5 Å². The fourth-order valence-corrected chi connectivity index (χ4v) is 3.73. The van der Waals surface area contributed by atoms with Crippen LogP contribution in [0.4, 0.5) is 5.82 Å². The number of hydrogen-bond donors (Lipinski definition) is 0. The van der Waals surface area contributed by atoms with E-state index in [1.165, 1.54) is 11.5 Å². The standard InChI is InChI=1S/C9H15BrN4S/c1-2-14-9(6-11-12-14)13-3-4-15-7-8(13)5-10/h6,8H,2-5,7H2,1H3. The molecule has 1 fully saturated rings. The SMILES string of the molecule is CCn1nncc1N1CCSCC1CBr. The van der Waals surface area contributed by atoms with Gasteiger partial charge >= 0.3 is 0 Å². The first-order valence-electron chi connectivity index (χ1n) is 5.15. The first-order valence-corrected chi connectivity index (χ1v) is 7.43. The third kappa shape index (κ3) is 2.30. The number of halogens is 1. The predicted octanol–water partition coefficient (Wildman–Crippen LogP) is 1.61. The molecule has 1 saturated heterocycles. The second-order valence-electron chi connectivity index (χ2n) is 3.48. The first-order chi connectivity index (χ1) is 7.36. The minimum Gasteiger partial charge on any atom is -0.350 e. The molecule has 2 heterocycles. The number of hydrogen-bond acceptors (Lipinski definition) is 4. The number of aryl methyl sites for hydroxylation is 1. The lowest BCUT2D eigenvalue weighted by Gasteiger charge is -2.35. The van der Waals surface area contributed by atoms with Crippen molar-refractivity contribution in [2.75, 3.05) is 28.3 Å². The van der Waals surface area contributed by atoms with Crippen LogP contribution in [0.2, 0.25) is 0 Å². The molecule has 1 aliphatic heterocycles. The Hall–Kier alpha value is -0.230. The Balaban J connectivity index is 2.20. The average Bonchev–Trinajstić information content (AvgIpc) is 2.76. The predicted molar refractivity (Wildman–Crippen MR) is 67.9 cm³/mol. The largest absolute Gasteiger partial charge is 0.350 e. The van der Waals surface area contributed by atoms with E-state index in [4.69, 9.17) is 0 Å². The van der Waals surface area contributed by atoms with Crippen molar-refractivity contribution in [2.45, 2.75) is 19.5 Å². The van der Waals surface area contributed by atoms with E-state index >= 15 is 0 Å². The highest BCUT2D eigenvalue weighted by Crippen LogP contribution is 2.24. The van der Waals surface area contributed by atoms with Gasteiger partial charge in [0.25, 0.3) is 0 Å². The second kappa shape index (κ2) is 5.21. The molecular weight excluding hydrogens is 276 g/mol. The van der Waals surface area contributed by atoms with Gasteiger partial charge < -0.3 is 4.90 Å². The summed E-state index contributed by atoms with van der Waals surface area (Å²) in [6.45, 7) is 4.07. The van der Waals surface area contributed by atoms with Crippen LogP contribution in [0.25, 0.3) is 0 Å². The van der Waals surface area contributed by atoms with Crippen LogP contribution in [0.1, 0.15) is 6.92 Å². The first kappa shape index (κ1) is 11.3.